The quantitative estimate of drug-likeness (QED) is 0.0390. The average molecular weight is 923 g/mol. The molecule has 1 amide bonds. The Balaban J connectivity index is 3.54. The van der Waals surface area contributed by atoms with Crippen LogP contribution in [0.15, 0.2) is 0 Å². The van der Waals surface area contributed by atoms with Gasteiger partial charge in [-0.25, -0.2) is 0 Å². The van der Waals surface area contributed by atoms with Crippen molar-refractivity contribution in [3.05, 3.63) is 0 Å². The Kier molecular flexibility index (Phi) is 53.7. The summed E-state index contributed by atoms with van der Waals surface area (Å²) in [6.07, 6.45) is 63.3. The first-order valence-electron chi connectivity index (χ1n) is 29.9. The number of aliphatic hydroxyl groups is 4. The second-order valence-electron chi connectivity index (χ2n) is 21.1. The maximum Gasteiger partial charge on any atom is 0.249 e. The largest absolute Gasteiger partial charge is 0.394 e. The number of carbonyl (C=O) groups is 1. The van der Waals surface area contributed by atoms with Crippen LogP contribution >= 0.6 is 0 Å². The van der Waals surface area contributed by atoms with Gasteiger partial charge in [-0.1, -0.05) is 328 Å². The Morgan fingerprint density at radius 3 is 0.738 bits per heavy atom. The van der Waals surface area contributed by atoms with Crippen LogP contribution < -0.4 is 5.32 Å². The van der Waals surface area contributed by atoms with Gasteiger partial charge in [-0.15, -0.1) is 0 Å². The van der Waals surface area contributed by atoms with Crippen molar-refractivity contribution in [1.29, 1.82) is 0 Å². The molecule has 4 unspecified atom stereocenters. The molecule has 0 aliphatic carbocycles. The maximum absolute atomic E-state index is 12.6. The first-order chi connectivity index (χ1) is 32.0. The standard InChI is InChI=1S/C59H119NO5/c1-3-5-7-9-11-13-15-17-19-21-23-24-25-26-27-28-29-30-31-32-33-35-36-38-40-42-44-46-48-50-52-56(62)58(64)55(54-61)60-59(65)57(63)53-51-49-47-45-43-41-39-37-34-22-20-18-16-14-12-10-8-6-4-2/h55-58,61-64H,3-54H2,1-2H3,(H,60,65). The highest BCUT2D eigenvalue weighted by Gasteiger charge is 2.28. The minimum Gasteiger partial charge on any atom is -0.394 e. The van der Waals surface area contributed by atoms with E-state index in [0.29, 0.717) is 12.8 Å². The first-order valence-corrected chi connectivity index (χ1v) is 29.9. The van der Waals surface area contributed by atoms with Crippen molar-refractivity contribution in [2.75, 3.05) is 6.61 Å². The lowest BCUT2D eigenvalue weighted by atomic mass is 9.99. The highest BCUT2D eigenvalue weighted by Crippen LogP contribution is 2.19. The fourth-order valence-electron chi connectivity index (χ4n) is 9.88. The van der Waals surface area contributed by atoms with Gasteiger partial charge in [-0.2, -0.15) is 0 Å². The summed E-state index contributed by atoms with van der Waals surface area (Å²) in [6.45, 7) is 4.10. The molecule has 6 heteroatoms. The zero-order chi connectivity index (χ0) is 47.4. The normalized spacial score (nSPS) is 13.6. The molecule has 0 rings (SSSR count). The van der Waals surface area contributed by atoms with Crippen molar-refractivity contribution in [3.8, 4) is 0 Å². The topological polar surface area (TPSA) is 110 Å². The van der Waals surface area contributed by atoms with Crippen molar-refractivity contribution < 1.29 is 25.2 Å². The number of rotatable bonds is 56. The van der Waals surface area contributed by atoms with E-state index >= 15 is 0 Å². The number of nitrogens with one attached hydrogen (secondary N) is 1. The Morgan fingerprint density at radius 2 is 0.523 bits per heavy atom. The number of aliphatic hydroxyl groups excluding tert-OH is 4. The minimum absolute atomic E-state index is 0.376. The summed E-state index contributed by atoms with van der Waals surface area (Å²) in [4.78, 5) is 12.6. The van der Waals surface area contributed by atoms with Gasteiger partial charge < -0.3 is 25.7 Å². The molecule has 0 aromatic rings. The molecule has 0 saturated carbocycles. The molecular formula is C59H119NO5. The zero-order valence-corrected chi connectivity index (χ0v) is 44.3. The molecular weight excluding hydrogens is 803 g/mol. The summed E-state index contributed by atoms with van der Waals surface area (Å²) in [5, 5.41) is 44.1. The van der Waals surface area contributed by atoms with Gasteiger partial charge in [0.15, 0.2) is 0 Å². The molecule has 6 nitrogen and oxygen atoms in total. The fraction of sp³-hybridized carbons (Fsp3) is 0.983. The molecule has 390 valence electrons. The second-order valence-corrected chi connectivity index (χ2v) is 21.1. The predicted octanol–water partition coefficient (Wildman–Crippen LogP) is 17.5. The van der Waals surface area contributed by atoms with Crippen LogP contribution in [0.3, 0.4) is 0 Å². The molecule has 0 spiro atoms. The van der Waals surface area contributed by atoms with Crippen LogP contribution in [0.1, 0.15) is 341 Å². The van der Waals surface area contributed by atoms with E-state index in [4.69, 9.17) is 0 Å². The minimum atomic E-state index is -1.25. The van der Waals surface area contributed by atoms with E-state index < -0.39 is 36.9 Å². The smallest absolute Gasteiger partial charge is 0.249 e. The summed E-state index contributed by atoms with van der Waals surface area (Å²) < 4.78 is 0. The van der Waals surface area contributed by atoms with Crippen molar-refractivity contribution >= 4 is 5.91 Å². The molecule has 65 heavy (non-hydrogen) atoms. The second kappa shape index (κ2) is 54.3. The Hall–Kier alpha value is -0.690. The lowest BCUT2D eigenvalue weighted by Crippen LogP contribution is -2.53. The van der Waals surface area contributed by atoms with Gasteiger partial charge >= 0.3 is 0 Å². The lowest BCUT2D eigenvalue weighted by Gasteiger charge is -2.27. The van der Waals surface area contributed by atoms with Crippen LogP contribution in [0, 0.1) is 0 Å². The third-order valence-corrected chi connectivity index (χ3v) is 14.6. The molecule has 0 aromatic heterocycles. The molecule has 4 atom stereocenters. The zero-order valence-electron chi connectivity index (χ0n) is 44.3. The van der Waals surface area contributed by atoms with E-state index in [9.17, 15) is 25.2 Å². The van der Waals surface area contributed by atoms with E-state index in [1.54, 1.807) is 0 Å². The van der Waals surface area contributed by atoms with Gasteiger partial charge in [0.05, 0.1) is 18.8 Å². The molecule has 0 aliphatic rings. The third-order valence-electron chi connectivity index (χ3n) is 14.6. The summed E-state index contributed by atoms with van der Waals surface area (Å²) in [6, 6.07) is -0.981. The van der Waals surface area contributed by atoms with E-state index in [1.165, 1.54) is 276 Å². The van der Waals surface area contributed by atoms with Gasteiger partial charge in [0.1, 0.15) is 12.2 Å². The number of hydrogen-bond acceptors (Lipinski definition) is 5. The molecule has 0 saturated heterocycles. The van der Waals surface area contributed by atoms with Gasteiger partial charge in [0.2, 0.25) is 5.91 Å². The molecule has 0 aliphatic heterocycles. The summed E-state index contributed by atoms with van der Waals surface area (Å²) in [5.74, 6) is -0.575. The van der Waals surface area contributed by atoms with Gasteiger partial charge in [0.25, 0.3) is 0 Å². The fourth-order valence-corrected chi connectivity index (χ4v) is 9.88. The van der Waals surface area contributed by atoms with E-state index in [1.807, 2.05) is 0 Å². The van der Waals surface area contributed by atoms with E-state index in [-0.39, 0.29) is 0 Å². The number of hydrogen-bond donors (Lipinski definition) is 5. The van der Waals surface area contributed by atoms with Crippen LogP contribution in [0.2, 0.25) is 0 Å². The molecule has 0 radical (unpaired) electrons. The number of unbranched alkanes of at least 4 members (excludes halogenated alkanes) is 47. The molecule has 0 heterocycles. The number of amides is 1. The highest BCUT2D eigenvalue weighted by molar-refractivity contribution is 5.80. The van der Waals surface area contributed by atoms with Crippen molar-refractivity contribution in [2.24, 2.45) is 0 Å². The highest BCUT2D eigenvalue weighted by atomic mass is 16.3. The van der Waals surface area contributed by atoms with E-state index in [0.717, 1.165) is 38.5 Å². The van der Waals surface area contributed by atoms with Crippen LogP contribution in [-0.2, 0) is 4.79 Å². The Morgan fingerprint density at radius 1 is 0.323 bits per heavy atom. The van der Waals surface area contributed by atoms with Gasteiger partial charge in [-0.05, 0) is 12.8 Å². The van der Waals surface area contributed by atoms with Crippen LogP contribution in [0.25, 0.3) is 0 Å². The van der Waals surface area contributed by atoms with E-state index in [2.05, 4.69) is 19.2 Å². The van der Waals surface area contributed by atoms with Gasteiger partial charge in [-0.3, -0.25) is 4.79 Å². The Labute approximate surface area is 407 Å². The lowest BCUT2D eigenvalue weighted by molar-refractivity contribution is -0.132. The maximum atomic E-state index is 12.6. The van der Waals surface area contributed by atoms with Crippen LogP contribution in [0.5, 0.6) is 0 Å². The SMILES string of the molecule is CCCCCCCCCCCCCCCCCCCCCCCCCCCCCCCCC(O)C(O)C(CO)NC(=O)C(O)CCCCCCCCCCCCCCCCCCCCC. The third kappa shape index (κ3) is 48.1. The Bertz CT molecular complexity index is 902. The molecule has 0 fully saturated rings. The molecule has 5 N–H and O–H groups in total. The average Bonchev–Trinajstić information content (AvgIpc) is 3.31. The number of carbonyl (C=O) groups excluding carboxylic acids is 1. The monoisotopic (exact) mass is 922 g/mol. The molecule has 0 bridgehead atoms. The molecule has 0 aromatic carbocycles. The van der Waals surface area contributed by atoms with Gasteiger partial charge in [0, 0.05) is 0 Å². The van der Waals surface area contributed by atoms with Crippen LogP contribution in [-0.4, -0.2) is 57.3 Å². The summed E-state index contributed by atoms with van der Waals surface area (Å²) in [7, 11) is 0. The first kappa shape index (κ1) is 64.3. The summed E-state index contributed by atoms with van der Waals surface area (Å²) in [5.41, 5.74) is 0. The van der Waals surface area contributed by atoms with Crippen molar-refractivity contribution in [3.63, 3.8) is 0 Å². The predicted molar refractivity (Wildman–Crippen MR) is 284 cm³/mol. The van der Waals surface area contributed by atoms with Crippen molar-refractivity contribution in [1.82, 2.24) is 5.32 Å². The summed E-state index contributed by atoms with van der Waals surface area (Å²) >= 11 is 0. The van der Waals surface area contributed by atoms with Crippen molar-refractivity contribution in [2.45, 2.75) is 366 Å². The van der Waals surface area contributed by atoms with Crippen LogP contribution in [0.4, 0.5) is 0 Å².